The van der Waals surface area contributed by atoms with Gasteiger partial charge in [-0.25, -0.2) is 13.6 Å². The quantitative estimate of drug-likeness (QED) is 0.778. The van der Waals surface area contributed by atoms with Gasteiger partial charge in [0.05, 0.1) is 29.3 Å². The van der Waals surface area contributed by atoms with Crippen LogP contribution in [0.4, 0.5) is 20.2 Å². The largest absolute Gasteiger partial charge is 0.477 e. The van der Waals surface area contributed by atoms with E-state index in [4.69, 9.17) is 10.5 Å². The molecule has 1 saturated carbocycles. The third-order valence-electron chi connectivity index (χ3n) is 5.43. The molecule has 2 heterocycles. The van der Waals surface area contributed by atoms with Gasteiger partial charge in [0, 0.05) is 24.8 Å². The number of aromatic nitrogens is 1. The summed E-state index contributed by atoms with van der Waals surface area (Å²) in [5.74, 6) is -3.40. The normalized spacial score (nSPS) is 22.6. The molecule has 28 heavy (non-hydrogen) atoms. The Hall–Kier alpha value is -2.68. The molecule has 2 atom stereocenters. The Kier molecular flexibility index (Phi) is 4.29. The van der Waals surface area contributed by atoms with Crippen LogP contribution in [-0.4, -0.2) is 40.9 Å². The molecule has 2 fully saturated rings. The lowest BCUT2D eigenvalue weighted by molar-refractivity contribution is 0.0338. The van der Waals surface area contributed by atoms with E-state index in [-0.39, 0.29) is 35.9 Å². The highest BCUT2D eigenvalue weighted by Gasteiger charge is 2.35. The Morgan fingerprint density at radius 2 is 1.96 bits per heavy atom. The van der Waals surface area contributed by atoms with Crippen molar-refractivity contribution in [3.8, 4) is 0 Å². The number of carboxylic acid groups (broad SMARTS) is 1. The minimum absolute atomic E-state index is 0.141. The highest BCUT2D eigenvalue weighted by atomic mass is 19.1. The lowest BCUT2D eigenvalue weighted by atomic mass is 10.0. The summed E-state index contributed by atoms with van der Waals surface area (Å²) in [7, 11) is 0. The molecule has 1 aliphatic carbocycles. The molecule has 2 aromatic rings. The van der Waals surface area contributed by atoms with Gasteiger partial charge in [0.25, 0.3) is 0 Å². The zero-order valence-corrected chi connectivity index (χ0v) is 15.5. The summed E-state index contributed by atoms with van der Waals surface area (Å²) in [6, 6.07) is -0.439. The average molecular weight is 393 g/mol. The van der Waals surface area contributed by atoms with Crippen LogP contribution in [0.5, 0.6) is 0 Å². The number of anilines is 2. The van der Waals surface area contributed by atoms with Gasteiger partial charge in [-0.2, -0.15) is 0 Å². The molecule has 0 radical (unpaired) electrons. The number of carboxylic acids is 1. The molecule has 1 aliphatic heterocycles. The van der Waals surface area contributed by atoms with Gasteiger partial charge in [-0.1, -0.05) is 0 Å². The fraction of sp³-hybridized carbons (Fsp3) is 0.474. The molecule has 1 aromatic heterocycles. The van der Waals surface area contributed by atoms with Gasteiger partial charge in [0.2, 0.25) is 5.43 Å². The number of ether oxygens (including phenoxy) is 1. The number of morpholine rings is 1. The van der Waals surface area contributed by atoms with Crippen LogP contribution >= 0.6 is 0 Å². The van der Waals surface area contributed by atoms with Crippen LogP contribution in [0.1, 0.15) is 43.1 Å². The number of aromatic carboxylic acids is 1. The standard InChI is InChI=1S/C19H21F2N3O4/c1-8-7-28-9(2)5-23(8)17-13(20)15(22)12-16(14(17)21)24(10-3-4-10)6-11(18(12)25)19(26)27/h6,8-10H,3-5,7,22H2,1-2H3,(H,26,27). The number of nitrogens with two attached hydrogens (primary N) is 1. The summed E-state index contributed by atoms with van der Waals surface area (Å²) in [5.41, 5.74) is 3.43. The van der Waals surface area contributed by atoms with Gasteiger partial charge in [0.1, 0.15) is 11.3 Å². The van der Waals surface area contributed by atoms with Crippen LogP contribution in [0.15, 0.2) is 11.0 Å². The minimum atomic E-state index is -1.46. The summed E-state index contributed by atoms with van der Waals surface area (Å²) in [5, 5.41) is 8.92. The van der Waals surface area contributed by atoms with Gasteiger partial charge < -0.3 is 25.0 Å². The molecule has 1 aromatic carbocycles. The number of fused-ring (bicyclic) bond motifs is 1. The van der Waals surface area contributed by atoms with E-state index in [1.807, 2.05) is 0 Å². The number of carbonyl (C=O) groups is 1. The highest BCUT2D eigenvalue weighted by molar-refractivity contribution is 5.99. The minimum Gasteiger partial charge on any atom is -0.477 e. The molecule has 3 N–H and O–H groups in total. The molecule has 1 saturated heterocycles. The van der Waals surface area contributed by atoms with Gasteiger partial charge in [-0.15, -0.1) is 0 Å². The van der Waals surface area contributed by atoms with Crippen LogP contribution in [-0.2, 0) is 4.74 Å². The van der Waals surface area contributed by atoms with Crippen molar-refractivity contribution in [2.45, 2.75) is 44.9 Å². The summed E-state index contributed by atoms with van der Waals surface area (Å²) in [6.45, 7) is 4.15. The van der Waals surface area contributed by atoms with Crippen molar-refractivity contribution in [3.63, 3.8) is 0 Å². The highest BCUT2D eigenvalue weighted by Crippen LogP contribution is 2.42. The molecule has 2 unspecified atom stereocenters. The number of hydrogen-bond donors (Lipinski definition) is 2. The van der Waals surface area contributed by atoms with Gasteiger partial charge >= 0.3 is 5.97 Å². The lowest BCUT2D eigenvalue weighted by Gasteiger charge is -2.39. The van der Waals surface area contributed by atoms with Crippen molar-refractivity contribution in [2.75, 3.05) is 23.8 Å². The van der Waals surface area contributed by atoms with Crippen molar-refractivity contribution in [1.29, 1.82) is 0 Å². The second-order valence-corrected chi connectivity index (χ2v) is 7.57. The summed E-state index contributed by atoms with van der Waals surface area (Å²) < 4.78 is 37.8. The Morgan fingerprint density at radius 1 is 1.29 bits per heavy atom. The van der Waals surface area contributed by atoms with E-state index < -0.39 is 39.7 Å². The molecular formula is C19H21F2N3O4. The molecule has 4 rings (SSSR count). The van der Waals surface area contributed by atoms with Crippen molar-refractivity contribution in [3.05, 3.63) is 33.6 Å². The molecule has 7 nitrogen and oxygen atoms in total. The van der Waals surface area contributed by atoms with Gasteiger partial charge in [-0.3, -0.25) is 4.79 Å². The number of benzene rings is 1. The number of halogens is 2. The van der Waals surface area contributed by atoms with Crippen molar-refractivity contribution < 1.29 is 23.4 Å². The number of nitrogens with zero attached hydrogens (tertiary/aromatic N) is 2. The first-order chi connectivity index (χ1) is 13.2. The molecule has 0 bridgehead atoms. The number of hydrogen-bond acceptors (Lipinski definition) is 5. The fourth-order valence-electron chi connectivity index (χ4n) is 3.81. The summed E-state index contributed by atoms with van der Waals surface area (Å²) >= 11 is 0. The molecule has 150 valence electrons. The monoisotopic (exact) mass is 393 g/mol. The first kappa shape index (κ1) is 18.7. The SMILES string of the molecule is CC1CN(c2c(F)c(N)c3c(=O)c(C(=O)O)cn(C4CC4)c3c2F)C(C)CO1. The smallest absolute Gasteiger partial charge is 0.341 e. The molecular weight excluding hydrogens is 372 g/mol. The first-order valence-electron chi connectivity index (χ1n) is 9.19. The maximum atomic E-state index is 15.7. The van der Waals surface area contributed by atoms with E-state index in [0.29, 0.717) is 19.4 Å². The Labute approximate surface area is 159 Å². The zero-order valence-electron chi connectivity index (χ0n) is 15.5. The Bertz CT molecular complexity index is 1050. The van der Waals surface area contributed by atoms with Crippen LogP contribution in [0.2, 0.25) is 0 Å². The fourth-order valence-corrected chi connectivity index (χ4v) is 3.81. The van der Waals surface area contributed by atoms with Crippen molar-refractivity contribution >= 4 is 28.2 Å². The van der Waals surface area contributed by atoms with E-state index in [1.54, 1.807) is 18.7 Å². The van der Waals surface area contributed by atoms with Crippen molar-refractivity contribution in [2.24, 2.45) is 0 Å². The summed E-state index contributed by atoms with van der Waals surface area (Å²) in [4.78, 5) is 25.7. The first-order valence-corrected chi connectivity index (χ1v) is 9.19. The van der Waals surface area contributed by atoms with Gasteiger partial charge in [-0.05, 0) is 26.7 Å². The topological polar surface area (TPSA) is 97.8 Å². The van der Waals surface area contributed by atoms with Crippen molar-refractivity contribution in [1.82, 2.24) is 4.57 Å². The average Bonchev–Trinajstić information content (AvgIpc) is 3.47. The van der Waals surface area contributed by atoms with Crippen LogP contribution in [0, 0.1) is 11.6 Å². The van der Waals surface area contributed by atoms with Crippen LogP contribution in [0.3, 0.4) is 0 Å². The third-order valence-corrected chi connectivity index (χ3v) is 5.43. The number of rotatable bonds is 3. The van der Waals surface area contributed by atoms with Gasteiger partial charge in [0.15, 0.2) is 11.6 Å². The molecule has 0 spiro atoms. The lowest BCUT2D eigenvalue weighted by Crippen LogP contribution is -2.48. The van der Waals surface area contributed by atoms with E-state index in [1.165, 1.54) is 4.57 Å². The van der Waals surface area contributed by atoms with E-state index in [2.05, 4.69) is 0 Å². The molecule has 0 amide bonds. The van der Waals surface area contributed by atoms with E-state index in [0.717, 1.165) is 6.20 Å². The van der Waals surface area contributed by atoms with E-state index >= 15 is 8.78 Å². The molecule has 9 heteroatoms. The number of pyridine rings is 1. The predicted octanol–water partition coefficient (Wildman–Crippen LogP) is 2.51. The predicted molar refractivity (Wildman–Crippen MR) is 100.0 cm³/mol. The zero-order chi connectivity index (χ0) is 20.3. The van der Waals surface area contributed by atoms with Crippen LogP contribution < -0.4 is 16.1 Å². The van der Waals surface area contributed by atoms with Crippen LogP contribution in [0.25, 0.3) is 10.9 Å². The second kappa shape index (κ2) is 6.44. The Morgan fingerprint density at radius 3 is 2.57 bits per heavy atom. The second-order valence-electron chi connectivity index (χ2n) is 7.57. The maximum Gasteiger partial charge on any atom is 0.341 e. The van der Waals surface area contributed by atoms with E-state index in [9.17, 15) is 14.7 Å². The molecule has 2 aliphatic rings. The summed E-state index contributed by atoms with van der Waals surface area (Å²) in [6.07, 6.45) is 2.34. The maximum absolute atomic E-state index is 15.7. The number of nitrogen functional groups attached to an aromatic ring is 1. The third kappa shape index (κ3) is 2.72. The Balaban J connectivity index is 2.07.